The van der Waals surface area contributed by atoms with E-state index in [0.29, 0.717) is 10.7 Å². The SMILES string of the molecule is Cc1ccc(C)c2sc(NC(=O)c3ccc(S(=O)(=O)C(C)C)cc3)nc12. The molecule has 0 atom stereocenters. The molecule has 0 saturated heterocycles. The van der Waals surface area contributed by atoms with Gasteiger partial charge in [0.05, 0.1) is 20.4 Å². The van der Waals surface area contributed by atoms with Crippen molar-refractivity contribution >= 4 is 42.4 Å². The van der Waals surface area contributed by atoms with Gasteiger partial charge in [0.25, 0.3) is 5.91 Å². The zero-order valence-electron chi connectivity index (χ0n) is 15.0. The summed E-state index contributed by atoms with van der Waals surface area (Å²) >= 11 is 1.43. The number of rotatable bonds is 4. The van der Waals surface area contributed by atoms with E-state index in [4.69, 9.17) is 0 Å². The summed E-state index contributed by atoms with van der Waals surface area (Å²) in [4.78, 5) is 17.2. The molecule has 136 valence electrons. The third-order valence-electron chi connectivity index (χ3n) is 4.23. The number of carbonyl (C=O) groups excluding carboxylic acids is 1. The molecule has 1 heterocycles. The predicted octanol–water partition coefficient (Wildman–Crippen LogP) is 4.35. The number of aromatic nitrogens is 1. The van der Waals surface area contributed by atoms with E-state index in [2.05, 4.69) is 10.3 Å². The van der Waals surface area contributed by atoms with Crippen LogP contribution in [0.2, 0.25) is 0 Å². The van der Waals surface area contributed by atoms with E-state index in [-0.39, 0.29) is 10.8 Å². The second kappa shape index (κ2) is 6.81. The molecule has 1 N–H and O–H groups in total. The summed E-state index contributed by atoms with van der Waals surface area (Å²) in [5.41, 5.74) is 3.46. The number of benzene rings is 2. The third-order valence-corrected chi connectivity index (χ3v) is 7.50. The van der Waals surface area contributed by atoms with Crippen molar-refractivity contribution in [1.29, 1.82) is 0 Å². The molecule has 1 aromatic heterocycles. The third kappa shape index (κ3) is 3.37. The Kier molecular flexibility index (Phi) is 4.86. The quantitative estimate of drug-likeness (QED) is 0.721. The lowest BCUT2D eigenvalue weighted by Crippen LogP contribution is -2.15. The van der Waals surface area contributed by atoms with Crippen molar-refractivity contribution in [1.82, 2.24) is 4.98 Å². The molecule has 2 aromatic carbocycles. The fourth-order valence-corrected chi connectivity index (χ4v) is 4.62. The molecule has 3 rings (SSSR count). The Labute approximate surface area is 157 Å². The Bertz CT molecular complexity index is 1040. The topological polar surface area (TPSA) is 76.1 Å². The molecule has 1 amide bonds. The number of nitrogens with zero attached hydrogens (tertiary/aromatic N) is 1. The van der Waals surface area contributed by atoms with Crippen molar-refractivity contribution in [2.45, 2.75) is 37.8 Å². The van der Waals surface area contributed by atoms with E-state index >= 15 is 0 Å². The maximum absolute atomic E-state index is 12.5. The molecule has 0 aliphatic carbocycles. The monoisotopic (exact) mass is 388 g/mol. The van der Waals surface area contributed by atoms with Crippen molar-refractivity contribution in [3.05, 3.63) is 53.1 Å². The summed E-state index contributed by atoms with van der Waals surface area (Å²) < 4.78 is 25.4. The molecule has 0 spiro atoms. The van der Waals surface area contributed by atoms with Gasteiger partial charge in [-0.25, -0.2) is 13.4 Å². The number of hydrogen-bond donors (Lipinski definition) is 1. The van der Waals surface area contributed by atoms with Crippen LogP contribution in [-0.2, 0) is 9.84 Å². The van der Waals surface area contributed by atoms with Gasteiger partial charge in [-0.2, -0.15) is 0 Å². The fourth-order valence-electron chi connectivity index (χ4n) is 2.55. The summed E-state index contributed by atoms with van der Waals surface area (Å²) in [5.74, 6) is -0.312. The number of hydrogen-bond acceptors (Lipinski definition) is 5. The van der Waals surface area contributed by atoms with Gasteiger partial charge in [0.15, 0.2) is 15.0 Å². The summed E-state index contributed by atoms with van der Waals surface area (Å²) in [6.45, 7) is 7.26. The van der Waals surface area contributed by atoms with E-state index in [1.54, 1.807) is 13.8 Å². The van der Waals surface area contributed by atoms with Crippen molar-refractivity contribution in [2.75, 3.05) is 5.32 Å². The van der Waals surface area contributed by atoms with Crippen molar-refractivity contribution in [2.24, 2.45) is 0 Å². The van der Waals surface area contributed by atoms with E-state index in [0.717, 1.165) is 21.3 Å². The number of aryl methyl sites for hydroxylation is 2. The molecular formula is C19H20N2O3S2. The van der Waals surface area contributed by atoms with Crippen LogP contribution in [0.5, 0.6) is 0 Å². The number of carbonyl (C=O) groups is 1. The number of amides is 1. The van der Waals surface area contributed by atoms with E-state index < -0.39 is 15.1 Å². The Morgan fingerprint density at radius 3 is 2.23 bits per heavy atom. The first kappa shape index (κ1) is 18.5. The Morgan fingerprint density at radius 2 is 1.65 bits per heavy atom. The molecule has 7 heteroatoms. The Hall–Kier alpha value is -2.25. The molecule has 0 saturated carbocycles. The van der Waals surface area contributed by atoms with Crippen molar-refractivity contribution in [3.8, 4) is 0 Å². The molecule has 26 heavy (non-hydrogen) atoms. The highest BCUT2D eigenvalue weighted by molar-refractivity contribution is 7.92. The minimum atomic E-state index is -3.35. The highest BCUT2D eigenvalue weighted by Crippen LogP contribution is 2.31. The van der Waals surface area contributed by atoms with Crippen LogP contribution < -0.4 is 5.32 Å². The highest BCUT2D eigenvalue weighted by atomic mass is 32.2. The largest absolute Gasteiger partial charge is 0.298 e. The van der Waals surface area contributed by atoms with Crippen LogP contribution in [0.25, 0.3) is 10.2 Å². The number of sulfone groups is 1. The zero-order valence-corrected chi connectivity index (χ0v) is 16.7. The van der Waals surface area contributed by atoms with Crippen LogP contribution in [-0.4, -0.2) is 24.6 Å². The molecule has 0 bridgehead atoms. The normalized spacial score (nSPS) is 11.9. The molecule has 0 aliphatic heterocycles. The summed E-state index contributed by atoms with van der Waals surface area (Å²) in [7, 11) is -3.35. The van der Waals surface area contributed by atoms with Gasteiger partial charge < -0.3 is 0 Å². The van der Waals surface area contributed by atoms with Gasteiger partial charge >= 0.3 is 0 Å². The molecule has 5 nitrogen and oxygen atoms in total. The second-order valence-corrected chi connectivity index (χ2v) is 9.97. The average Bonchev–Trinajstić information content (AvgIpc) is 3.03. The highest BCUT2D eigenvalue weighted by Gasteiger charge is 2.19. The van der Waals surface area contributed by atoms with Crippen molar-refractivity contribution < 1.29 is 13.2 Å². The minimum absolute atomic E-state index is 0.218. The van der Waals surface area contributed by atoms with Gasteiger partial charge in [-0.3, -0.25) is 10.1 Å². The fraction of sp³-hybridized carbons (Fsp3) is 0.263. The Balaban J connectivity index is 1.85. The maximum atomic E-state index is 12.5. The predicted molar refractivity (Wildman–Crippen MR) is 106 cm³/mol. The average molecular weight is 389 g/mol. The lowest BCUT2D eigenvalue weighted by atomic mass is 10.1. The van der Waals surface area contributed by atoms with Gasteiger partial charge in [-0.05, 0) is 63.1 Å². The van der Waals surface area contributed by atoms with E-state index in [1.165, 1.54) is 35.6 Å². The molecule has 3 aromatic rings. The number of fused-ring (bicyclic) bond motifs is 1. The van der Waals surface area contributed by atoms with Crippen LogP contribution in [0.1, 0.15) is 35.3 Å². The molecule has 0 radical (unpaired) electrons. The molecule has 0 fully saturated rings. The molecular weight excluding hydrogens is 368 g/mol. The van der Waals surface area contributed by atoms with Gasteiger partial charge in [-0.1, -0.05) is 23.5 Å². The van der Waals surface area contributed by atoms with Crippen LogP contribution in [0, 0.1) is 13.8 Å². The maximum Gasteiger partial charge on any atom is 0.257 e. The van der Waals surface area contributed by atoms with Crippen LogP contribution in [0.4, 0.5) is 5.13 Å². The first-order valence-electron chi connectivity index (χ1n) is 8.22. The molecule has 0 unspecified atom stereocenters. The van der Waals surface area contributed by atoms with E-state index in [1.807, 2.05) is 26.0 Å². The lowest BCUT2D eigenvalue weighted by molar-refractivity contribution is 0.102. The van der Waals surface area contributed by atoms with Gasteiger partial charge in [0.2, 0.25) is 0 Å². The summed E-state index contributed by atoms with van der Waals surface area (Å²) in [6, 6.07) is 10.0. The zero-order chi connectivity index (χ0) is 19.1. The number of nitrogens with one attached hydrogen (secondary N) is 1. The smallest absolute Gasteiger partial charge is 0.257 e. The van der Waals surface area contributed by atoms with Gasteiger partial charge in [0.1, 0.15) is 0 Å². The summed E-state index contributed by atoms with van der Waals surface area (Å²) in [6.07, 6.45) is 0. The number of anilines is 1. The molecule has 0 aliphatic rings. The Morgan fingerprint density at radius 1 is 1.04 bits per heavy atom. The number of thiazole rings is 1. The first-order valence-corrected chi connectivity index (χ1v) is 10.6. The first-order chi connectivity index (χ1) is 12.2. The summed E-state index contributed by atoms with van der Waals surface area (Å²) in [5, 5.41) is 2.83. The van der Waals surface area contributed by atoms with Gasteiger partial charge in [-0.15, -0.1) is 0 Å². The standard InChI is InChI=1S/C19H20N2O3S2/c1-11(2)26(23,24)15-9-7-14(8-10-15)18(22)21-19-20-16-12(3)5-6-13(4)17(16)25-19/h5-11H,1-4H3,(H,20,21,22). The van der Waals surface area contributed by atoms with Crippen LogP contribution >= 0.6 is 11.3 Å². The second-order valence-electron chi connectivity index (χ2n) is 6.47. The minimum Gasteiger partial charge on any atom is -0.298 e. The van der Waals surface area contributed by atoms with Crippen LogP contribution in [0.3, 0.4) is 0 Å². The van der Waals surface area contributed by atoms with Gasteiger partial charge in [0, 0.05) is 5.56 Å². The van der Waals surface area contributed by atoms with Crippen molar-refractivity contribution in [3.63, 3.8) is 0 Å². The van der Waals surface area contributed by atoms with Crippen LogP contribution in [0.15, 0.2) is 41.3 Å². The lowest BCUT2D eigenvalue weighted by Gasteiger charge is -2.08. The van der Waals surface area contributed by atoms with E-state index in [9.17, 15) is 13.2 Å².